The Morgan fingerprint density at radius 3 is 2.77 bits per heavy atom. The van der Waals surface area contributed by atoms with Crippen molar-refractivity contribution in [2.24, 2.45) is 10.9 Å². The lowest BCUT2D eigenvalue weighted by atomic mass is 10.0. The summed E-state index contributed by atoms with van der Waals surface area (Å²) in [5, 5.41) is 3.03. The Kier molecular flexibility index (Phi) is 6.43. The minimum atomic E-state index is -1.22. The molecular formula is C22H30FN5O3. The van der Waals surface area contributed by atoms with Gasteiger partial charge in [-0.1, -0.05) is 26.0 Å². The number of benzene rings is 1. The molecule has 1 aromatic carbocycles. The normalized spacial score (nSPS) is 23.1. The van der Waals surface area contributed by atoms with Gasteiger partial charge in [-0.2, -0.15) is 0 Å². The maximum atomic E-state index is 14.6. The lowest BCUT2D eigenvalue weighted by Crippen LogP contribution is -2.51. The molecule has 31 heavy (non-hydrogen) atoms. The number of oxazole rings is 1. The third kappa shape index (κ3) is 5.16. The molecule has 2 aliphatic heterocycles. The Hall–Kier alpha value is -2.65. The molecule has 1 aromatic heterocycles. The summed E-state index contributed by atoms with van der Waals surface area (Å²) in [7, 11) is 0. The number of aliphatic imine (C=N–C) groups is 1. The van der Waals surface area contributed by atoms with Gasteiger partial charge >= 0.3 is 0 Å². The minimum absolute atomic E-state index is 0.221. The third-order valence-electron chi connectivity index (χ3n) is 5.29. The monoisotopic (exact) mass is 431 g/mol. The van der Waals surface area contributed by atoms with Crippen molar-refractivity contribution in [3.05, 3.63) is 47.7 Å². The van der Waals surface area contributed by atoms with Crippen LogP contribution in [-0.2, 0) is 17.9 Å². The number of nitrogens with one attached hydrogen (secondary N) is 2. The van der Waals surface area contributed by atoms with Gasteiger partial charge in [0.1, 0.15) is 12.0 Å². The summed E-state index contributed by atoms with van der Waals surface area (Å²) in [5.74, 6) is 2.39. The first-order valence-corrected chi connectivity index (χ1v) is 10.7. The number of hydrogen-bond acceptors (Lipinski definition) is 8. The van der Waals surface area contributed by atoms with Gasteiger partial charge in [-0.15, -0.1) is 0 Å². The first-order valence-electron chi connectivity index (χ1n) is 10.7. The molecule has 1 fully saturated rings. The highest BCUT2D eigenvalue weighted by atomic mass is 19.1. The van der Waals surface area contributed by atoms with E-state index in [1.807, 2.05) is 29.2 Å². The van der Waals surface area contributed by atoms with Crippen LogP contribution in [0.4, 0.5) is 4.39 Å². The number of hydroxylamine groups is 1. The van der Waals surface area contributed by atoms with Crippen molar-refractivity contribution >= 4 is 5.96 Å². The molecule has 168 valence electrons. The van der Waals surface area contributed by atoms with Crippen LogP contribution >= 0.6 is 0 Å². The summed E-state index contributed by atoms with van der Waals surface area (Å²) in [6.07, 6.45) is 0.864. The second kappa shape index (κ2) is 9.23. The van der Waals surface area contributed by atoms with E-state index in [0.29, 0.717) is 50.4 Å². The zero-order valence-electron chi connectivity index (χ0n) is 18.2. The number of hydrogen-bond donors (Lipinski definition) is 2. The van der Waals surface area contributed by atoms with Crippen LogP contribution in [0.25, 0.3) is 0 Å². The van der Waals surface area contributed by atoms with E-state index in [4.69, 9.17) is 14.0 Å². The van der Waals surface area contributed by atoms with Crippen LogP contribution in [0.5, 0.6) is 5.75 Å². The first kappa shape index (κ1) is 21.6. The maximum absolute atomic E-state index is 14.6. The van der Waals surface area contributed by atoms with Crippen molar-refractivity contribution in [3.8, 4) is 5.75 Å². The minimum Gasteiger partial charge on any atom is -0.493 e. The van der Waals surface area contributed by atoms with Gasteiger partial charge < -0.3 is 19.4 Å². The smallest absolute Gasteiger partial charge is 0.222 e. The van der Waals surface area contributed by atoms with E-state index in [9.17, 15) is 4.39 Å². The molecule has 0 unspecified atom stereocenters. The highest BCUT2D eigenvalue weighted by molar-refractivity contribution is 5.80. The average Bonchev–Trinajstić information content (AvgIpc) is 3.36. The molecule has 2 aromatic rings. The Morgan fingerprint density at radius 2 is 2.10 bits per heavy atom. The van der Waals surface area contributed by atoms with Gasteiger partial charge in [0.05, 0.1) is 18.8 Å². The number of guanidine groups is 1. The molecule has 4 rings (SSSR count). The molecule has 0 bridgehead atoms. The molecule has 9 heteroatoms. The third-order valence-corrected chi connectivity index (χ3v) is 5.29. The van der Waals surface area contributed by atoms with Gasteiger partial charge in [0, 0.05) is 33.0 Å². The topological polar surface area (TPSA) is 84.2 Å². The number of rotatable bonds is 7. The average molecular weight is 432 g/mol. The molecule has 2 atom stereocenters. The zero-order valence-corrected chi connectivity index (χ0v) is 18.2. The predicted octanol–water partition coefficient (Wildman–Crippen LogP) is 2.94. The second-order valence-corrected chi connectivity index (χ2v) is 8.47. The van der Waals surface area contributed by atoms with Crippen molar-refractivity contribution < 1.29 is 18.4 Å². The van der Waals surface area contributed by atoms with Crippen molar-refractivity contribution in [1.82, 2.24) is 20.7 Å². The standard InChI is InChI=1S/C22H30FN5O3/c1-15(2)13-30-19-6-4-17(5-7-19)11-28(12-18-14-29-16(3)25-18)21-26-22(31-27-21)8-9-24-10-20(22)23/h4-7,14-15,20,24H,8-13H2,1-3H3,(H,26,27)/t20-,22-/m1/s1. The van der Waals surface area contributed by atoms with Gasteiger partial charge in [0.25, 0.3) is 0 Å². The van der Waals surface area contributed by atoms with E-state index in [1.54, 1.807) is 13.2 Å². The van der Waals surface area contributed by atoms with Gasteiger partial charge in [0.2, 0.25) is 11.7 Å². The van der Waals surface area contributed by atoms with E-state index < -0.39 is 11.9 Å². The number of aryl methyl sites for hydroxylation is 1. The lowest BCUT2D eigenvalue weighted by Gasteiger charge is -2.31. The van der Waals surface area contributed by atoms with Crippen LogP contribution in [0, 0.1) is 12.8 Å². The number of nitrogens with zero attached hydrogens (tertiary/aromatic N) is 3. The zero-order chi connectivity index (χ0) is 21.8. The largest absolute Gasteiger partial charge is 0.493 e. The fraction of sp³-hybridized carbons (Fsp3) is 0.545. The summed E-state index contributed by atoms with van der Waals surface area (Å²) in [6.45, 7) is 8.57. The highest BCUT2D eigenvalue weighted by Crippen LogP contribution is 2.31. The Morgan fingerprint density at radius 1 is 1.29 bits per heavy atom. The van der Waals surface area contributed by atoms with E-state index in [2.05, 4.69) is 34.6 Å². The van der Waals surface area contributed by atoms with E-state index in [0.717, 1.165) is 17.0 Å². The Balaban J connectivity index is 1.52. The summed E-state index contributed by atoms with van der Waals surface area (Å²) in [4.78, 5) is 16.7. The predicted molar refractivity (Wildman–Crippen MR) is 114 cm³/mol. The van der Waals surface area contributed by atoms with Gasteiger partial charge in [-0.3, -0.25) is 0 Å². The maximum Gasteiger partial charge on any atom is 0.222 e. The number of alkyl halides is 1. The van der Waals surface area contributed by atoms with Crippen molar-refractivity contribution in [3.63, 3.8) is 0 Å². The van der Waals surface area contributed by atoms with Crippen molar-refractivity contribution in [2.45, 2.75) is 52.2 Å². The first-order chi connectivity index (χ1) is 14.9. The number of halogens is 1. The molecule has 0 amide bonds. The van der Waals surface area contributed by atoms with Crippen LogP contribution in [-0.4, -0.2) is 47.4 Å². The van der Waals surface area contributed by atoms with Gasteiger partial charge in [0.15, 0.2) is 12.1 Å². The molecule has 1 spiro atoms. The Labute approximate surface area is 181 Å². The van der Waals surface area contributed by atoms with Crippen LogP contribution in [0.2, 0.25) is 0 Å². The van der Waals surface area contributed by atoms with Crippen molar-refractivity contribution in [2.75, 3.05) is 19.7 Å². The van der Waals surface area contributed by atoms with E-state index in [1.165, 1.54) is 0 Å². The van der Waals surface area contributed by atoms with E-state index >= 15 is 0 Å². The molecule has 3 heterocycles. The fourth-order valence-corrected chi connectivity index (χ4v) is 3.60. The second-order valence-electron chi connectivity index (χ2n) is 8.47. The lowest BCUT2D eigenvalue weighted by molar-refractivity contribution is -0.116. The van der Waals surface area contributed by atoms with Gasteiger partial charge in [-0.05, 0) is 23.6 Å². The summed E-state index contributed by atoms with van der Waals surface area (Å²) < 4.78 is 25.7. The summed E-state index contributed by atoms with van der Waals surface area (Å²) in [5.41, 5.74) is 3.50. The molecule has 2 aliphatic rings. The van der Waals surface area contributed by atoms with Crippen LogP contribution in [0.15, 0.2) is 39.9 Å². The Bertz CT molecular complexity index is 901. The molecule has 2 N–H and O–H groups in total. The molecule has 0 radical (unpaired) electrons. The molecule has 0 saturated carbocycles. The van der Waals surface area contributed by atoms with Crippen molar-refractivity contribution in [1.29, 1.82) is 0 Å². The molecular weight excluding hydrogens is 401 g/mol. The van der Waals surface area contributed by atoms with Crippen LogP contribution in [0.3, 0.4) is 0 Å². The molecule has 8 nitrogen and oxygen atoms in total. The SMILES string of the molecule is Cc1nc(CN(Cc2ccc(OCC(C)C)cc2)C2=N[C@]3(CCNC[C@H]3F)ON2)co1. The molecule has 0 aliphatic carbocycles. The number of aromatic nitrogens is 1. The van der Waals surface area contributed by atoms with Crippen LogP contribution in [0.1, 0.15) is 37.4 Å². The quantitative estimate of drug-likeness (QED) is 0.697. The highest BCUT2D eigenvalue weighted by Gasteiger charge is 2.47. The van der Waals surface area contributed by atoms with E-state index in [-0.39, 0.29) is 6.54 Å². The summed E-state index contributed by atoms with van der Waals surface area (Å²) in [6, 6.07) is 7.96. The number of piperidine rings is 1. The summed E-state index contributed by atoms with van der Waals surface area (Å²) >= 11 is 0. The van der Waals surface area contributed by atoms with Crippen LogP contribution < -0.4 is 15.5 Å². The fourth-order valence-electron chi connectivity index (χ4n) is 3.60. The molecule has 1 saturated heterocycles. The number of ether oxygens (including phenoxy) is 1. The van der Waals surface area contributed by atoms with Gasteiger partial charge in [-0.25, -0.2) is 24.7 Å².